The van der Waals surface area contributed by atoms with Crippen LogP contribution in [0.2, 0.25) is 0 Å². The van der Waals surface area contributed by atoms with Crippen molar-refractivity contribution in [3.05, 3.63) is 11.6 Å². The molecule has 0 radical (unpaired) electrons. The maximum atomic E-state index is 2.67. The highest BCUT2D eigenvalue weighted by atomic mass is 32.0. The van der Waals surface area contributed by atoms with E-state index < -0.39 is 0 Å². The van der Waals surface area contributed by atoms with Crippen molar-refractivity contribution in [3.8, 4) is 0 Å². The summed E-state index contributed by atoms with van der Waals surface area (Å²) < 4.78 is 0. The highest BCUT2D eigenvalue weighted by molar-refractivity contribution is 8.06. The lowest BCUT2D eigenvalue weighted by Gasteiger charge is -1.73. The Morgan fingerprint density at radius 2 is 1.33 bits per heavy atom. The van der Waals surface area contributed by atoms with Gasteiger partial charge in [-0.05, 0) is 0 Å². The molecular formula is C2H8P4. The monoisotopic (exact) mass is 156 g/mol. The van der Waals surface area contributed by atoms with E-state index in [0.717, 1.165) is 16.5 Å². The van der Waals surface area contributed by atoms with Crippen molar-refractivity contribution >= 4 is 34.4 Å². The molecule has 36 valence electrons. The summed E-state index contributed by atoms with van der Waals surface area (Å²) in [5, 5.41) is 0. The smallest absolute Gasteiger partial charge is 0.0588 e. The van der Waals surface area contributed by atoms with Crippen molar-refractivity contribution in [1.82, 2.24) is 0 Å². The van der Waals surface area contributed by atoms with E-state index in [1.807, 2.05) is 0 Å². The van der Waals surface area contributed by atoms with Gasteiger partial charge in [-0.1, -0.05) is 28.2 Å². The van der Waals surface area contributed by atoms with Gasteiger partial charge in [0.15, 0.2) is 0 Å². The largest absolute Gasteiger partial charge is 0.110 e. The molecular weight excluding hydrogens is 148 g/mol. The van der Waals surface area contributed by atoms with E-state index in [0.29, 0.717) is 0 Å². The normalized spacial score (nSPS) is 14.3. The van der Waals surface area contributed by atoms with Crippen molar-refractivity contribution in [2.45, 2.75) is 0 Å². The van der Waals surface area contributed by atoms with Crippen LogP contribution in [0.5, 0.6) is 0 Å². The predicted octanol–water partition coefficient (Wildman–Crippen LogP) is 2.39. The molecule has 0 heterocycles. The van der Waals surface area contributed by atoms with Crippen LogP contribution in [0, 0.1) is 0 Å². The van der Waals surface area contributed by atoms with Gasteiger partial charge in [0.2, 0.25) is 0 Å². The Morgan fingerprint density at radius 1 is 1.00 bits per heavy atom. The van der Waals surface area contributed by atoms with Crippen molar-refractivity contribution in [2.75, 3.05) is 0 Å². The van der Waals surface area contributed by atoms with Gasteiger partial charge < -0.3 is 0 Å². The first-order valence-electron chi connectivity index (χ1n) is 1.49. The molecule has 0 N–H and O–H groups in total. The van der Waals surface area contributed by atoms with Crippen LogP contribution in [0.1, 0.15) is 0 Å². The summed E-state index contributed by atoms with van der Waals surface area (Å²) in [6.45, 7) is 0. The average molecular weight is 156 g/mol. The van der Waals surface area contributed by atoms with E-state index in [-0.39, 0.29) is 0 Å². The molecule has 0 nitrogen and oxygen atoms in total. The van der Waals surface area contributed by atoms with Crippen LogP contribution >= 0.6 is 34.4 Å². The summed E-state index contributed by atoms with van der Waals surface area (Å²) in [5.41, 5.74) is 0. The van der Waals surface area contributed by atoms with Gasteiger partial charge >= 0.3 is 0 Å². The summed E-state index contributed by atoms with van der Waals surface area (Å²) in [4.78, 5) is 0. The van der Waals surface area contributed by atoms with Gasteiger partial charge in [0.05, 0.1) is 0 Å². The second kappa shape index (κ2) is 6.46. The molecule has 0 bridgehead atoms. The molecule has 0 fully saturated rings. The molecule has 0 saturated heterocycles. The zero-order valence-corrected chi connectivity index (χ0v) is 7.62. The van der Waals surface area contributed by atoms with Crippen LogP contribution in [-0.2, 0) is 0 Å². The van der Waals surface area contributed by atoms with E-state index in [1.165, 1.54) is 0 Å². The summed E-state index contributed by atoms with van der Waals surface area (Å²) >= 11 is 0. The first-order valence-corrected chi connectivity index (χ1v) is 7.26. The lowest BCUT2D eigenvalue weighted by molar-refractivity contribution is 2.56. The van der Waals surface area contributed by atoms with Gasteiger partial charge in [0.25, 0.3) is 0 Å². The lowest BCUT2D eigenvalue weighted by Crippen LogP contribution is -1.19. The summed E-state index contributed by atoms with van der Waals surface area (Å²) in [7, 11) is 7.12. The molecule has 4 unspecified atom stereocenters. The standard InChI is InChI=1S/C2H8P4/c3-5-1-2-6-4/h1-2,5-6H,3-4H2/b2-1+. The Morgan fingerprint density at radius 3 is 1.50 bits per heavy atom. The molecule has 0 aliphatic carbocycles. The Labute approximate surface area is 46.7 Å². The quantitative estimate of drug-likeness (QED) is 0.538. The van der Waals surface area contributed by atoms with E-state index in [9.17, 15) is 0 Å². The lowest BCUT2D eigenvalue weighted by atomic mass is 11.3. The summed E-state index contributed by atoms with van der Waals surface area (Å²) in [5.74, 6) is 4.33. The number of hydrogen-bond acceptors (Lipinski definition) is 0. The van der Waals surface area contributed by atoms with Gasteiger partial charge in [-0.3, -0.25) is 0 Å². The fourth-order valence-electron chi connectivity index (χ4n) is 0.0962. The van der Waals surface area contributed by atoms with E-state index >= 15 is 0 Å². The first kappa shape index (κ1) is 7.46. The minimum absolute atomic E-state index is 0.894. The first-order chi connectivity index (χ1) is 2.91. The van der Waals surface area contributed by atoms with Crippen molar-refractivity contribution in [3.63, 3.8) is 0 Å². The number of rotatable bonds is 2. The van der Waals surface area contributed by atoms with Gasteiger partial charge in [-0.25, -0.2) is 0 Å². The topological polar surface area (TPSA) is 0 Å². The number of hydrogen-bond donors (Lipinski definition) is 0. The van der Waals surface area contributed by atoms with Crippen LogP contribution in [0.15, 0.2) is 11.6 Å². The van der Waals surface area contributed by atoms with Gasteiger partial charge in [0, 0.05) is 0 Å². The summed E-state index contributed by atoms with van der Waals surface area (Å²) in [6.07, 6.45) is 0. The second-order valence-corrected chi connectivity index (χ2v) is 4.00. The Hall–Kier alpha value is 1.46. The van der Waals surface area contributed by atoms with Crippen molar-refractivity contribution in [2.24, 2.45) is 0 Å². The molecule has 0 spiro atoms. The van der Waals surface area contributed by atoms with Crippen LogP contribution in [0.4, 0.5) is 0 Å². The Bertz CT molecular complexity index is 34.8. The molecule has 6 heavy (non-hydrogen) atoms. The van der Waals surface area contributed by atoms with Gasteiger partial charge in [-0.2, -0.15) is 0 Å². The highest BCUT2D eigenvalue weighted by Crippen LogP contribution is 2.28. The van der Waals surface area contributed by atoms with Crippen LogP contribution in [0.3, 0.4) is 0 Å². The molecule has 0 aromatic rings. The zero-order valence-electron chi connectivity index (χ0n) is 3.31. The van der Waals surface area contributed by atoms with E-state index in [1.54, 1.807) is 0 Å². The maximum Gasteiger partial charge on any atom is -0.0588 e. The maximum absolute atomic E-state index is 2.67. The van der Waals surface area contributed by atoms with E-state index in [2.05, 4.69) is 29.5 Å². The molecule has 0 amide bonds. The predicted molar refractivity (Wildman–Crippen MR) is 45.2 cm³/mol. The highest BCUT2D eigenvalue weighted by Gasteiger charge is 1.59. The van der Waals surface area contributed by atoms with Crippen molar-refractivity contribution < 1.29 is 0 Å². The minimum atomic E-state index is 0.894. The third kappa shape index (κ3) is 5.46. The van der Waals surface area contributed by atoms with Crippen LogP contribution in [-0.4, -0.2) is 0 Å². The Kier molecular flexibility index (Phi) is 8.03. The minimum Gasteiger partial charge on any atom is -0.110 e. The van der Waals surface area contributed by atoms with Crippen LogP contribution < -0.4 is 0 Å². The summed E-state index contributed by atoms with van der Waals surface area (Å²) in [6, 6.07) is 0. The fourth-order valence-corrected chi connectivity index (χ4v) is 2.60. The molecule has 0 saturated carbocycles. The zero-order chi connectivity index (χ0) is 4.83. The third-order valence-electron chi connectivity index (χ3n) is 0.276. The molecule has 0 aliphatic rings. The van der Waals surface area contributed by atoms with Crippen LogP contribution in [0.25, 0.3) is 0 Å². The fraction of sp³-hybridized carbons (Fsp3) is 0. The van der Waals surface area contributed by atoms with Gasteiger partial charge in [-0.15, -0.1) is 17.9 Å². The molecule has 0 aliphatic heterocycles. The third-order valence-corrected chi connectivity index (χ3v) is 2.48. The van der Waals surface area contributed by atoms with Crippen molar-refractivity contribution in [1.29, 1.82) is 0 Å². The molecule has 0 rings (SSSR count). The Balaban J connectivity index is 2.73. The molecule has 0 aromatic heterocycles. The SMILES string of the molecule is PP/C=C/PP. The van der Waals surface area contributed by atoms with E-state index in [4.69, 9.17) is 0 Å². The average Bonchev–Trinajstić information content (AvgIpc) is 1.61. The molecule has 4 atom stereocenters. The second-order valence-electron chi connectivity index (χ2n) is 0.667. The molecule has 4 heteroatoms. The van der Waals surface area contributed by atoms with Gasteiger partial charge in [0.1, 0.15) is 0 Å². The molecule has 0 aromatic carbocycles.